The molecule has 0 aliphatic carbocycles. The number of hydrogen-bond donors (Lipinski definition) is 0. The monoisotopic (exact) mass is 363 g/mol. The third-order valence-electron chi connectivity index (χ3n) is 0.875. The molecule has 1 rings (SSSR count). The fraction of sp³-hybridized carbons (Fsp3) is 0.500. The van der Waals surface area contributed by atoms with E-state index in [0.717, 1.165) is 5.82 Å². The van der Waals surface area contributed by atoms with Gasteiger partial charge in [0, 0.05) is 0 Å². The van der Waals surface area contributed by atoms with Gasteiger partial charge in [-0.05, 0) is 19.2 Å². The van der Waals surface area contributed by atoms with Crippen LogP contribution in [0.3, 0.4) is 0 Å². The van der Waals surface area contributed by atoms with Crippen molar-refractivity contribution in [1.29, 1.82) is 0 Å². The minimum absolute atomic E-state index is 0. The fourth-order valence-corrected chi connectivity index (χ4v) is 0.301. The first kappa shape index (κ1) is 6.14. The predicted octanol–water partition coefficient (Wildman–Crippen LogP) is -0.0763. The Kier molecular flexibility index (Phi) is 1.33. The van der Waals surface area contributed by atoms with E-state index >= 15 is 0 Å². The molecule has 0 unspecified atom stereocenters. The summed E-state index contributed by atoms with van der Waals surface area (Å²) in [7, 11) is 1.86. The molecular formula is C4H6N3Rf-. The number of aromatic nitrogens is 3. The van der Waals surface area contributed by atoms with Crippen molar-refractivity contribution in [2.75, 3.05) is 0 Å². The van der Waals surface area contributed by atoms with Crippen LogP contribution in [0.25, 0.3) is 0 Å². The second kappa shape index (κ2) is 1.73. The van der Waals surface area contributed by atoms with Gasteiger partial charge in [-0.3, -0.25) is 10.2 Å². The molecule has 3 nitrogen and oxygen atoms in total. The smallest absolute Gasteiger partial charge is 0 e. The van der Waals surface area contributed by atoms with Gasteiger partial charge < -0.3 is 4.57 Å². The molecule has 0 aliphatic rings. The van der Waals surface area contributed by atoms with Gasteiger partial charge in [0.1, 0.15) is 0 Å². The van der Waals surface area contributed by atoms with E-state index in [9.17, 15) is 0 Å². The van der Waals surface area contributed by atoms with Gasteiger partial charge in [0.2, 0.25) is 0 Å². The van der Waals surface area contributed by atoms with Crippen LogP contribution in [0.15, 0.2) is 0 Å². The van der Waals surface area contributed by atoms with E-state index < -0.39 is 0 Å². The molecule has 4 heteroatoms. The first-order valence-electron chi connectivity index (χ1n) is 2.04. The maximum atomic E-state index is 3.67. The minimum Gasteiger partial charge on any atom is -0.483 e. The van der Waals surface area contributed by atoms with Crippen LogP contribution >= 0.6 is 0 Å². The number of aryl methyl sites for hydroxylation is 2. The summed E-state index contributed by atoms with van der Waals surface area (Å²) in [5.74, 6) is 0.889. The minimum atomic E-state index is 0. The van der Waals surface area contributed by atoms with Crippen LogP contribution < -0.4 is 0 Å². The SMILES string of the molecule is Cc1nn[c-]n1C.[Rf]. The van der Waals surface area contributed by atoms with Crippen LogP contribution in [0.4, 0.5) is 0 Å². The molecule has 0 aliphatic heterocycles. The van der Waals surface area contributed by atoms with E-state index in [0.29, 0.717) is 0 Å². The Morgan fingerprint density at radius 1 is 1.62 bits per heavy atom. The molecule has 40 valence electrons. The summed E-state index contributed by atoms with van der Waals surface area (Å²) in [4.78, 5) is 0. The molecule has 8 heavy (non-hydrogen) atoms. The molecule has 1 heterocycles. The van der Waals surface area contributed by atoms with Crippen molar-refractivity contribution in [2.45, 2.75) is 6.92 Å². The Morgan fingerprint density at radius 2 is 2.25 bits per heavy atom. The van der Waals surface area contributed by atoms with Crippen molar-refractivity contribution in [3.8, 4) is 0 Å². The van der Waals surface area contributed by atoms with Gasteiger partial charge >= 0.3 is 0 Å². The van der Waals surface area contributed by atoms with Gasteiger partial charge in [0.25, 0.3) is 0 Å². The number of rotatable bonds is 0. The van der Waals surface area contributed by atoms with E-state index in [1.54, 1.807) is 4.57 Å². The predicted molar refractivity (Wildman–Crippen MR) is 24.6 cm³/mol. The van der Waals surface area contributed by atoms with E-state index in [1.165, 1.54) is 0 Å². The molecule has 1 aromatic rings. The molecule has 0 atom stereocenters. The molecule has 0 radical (unpaired) electrons. The maximum Gasteiger partial charge on any atom is 0 e. The summed E-state index contributed by atoms with van der Waals surface area (Å²) < 4.78 is 1.74. The summed E-state index contributed by atoms with van der Waals surface area (Å²) in [6.07, 6.45) is 2.62. The first-order valence-corrected chi connectivity index (χ1v) is 2.04. The van der Waals surface area contributed by atoms with E-state index in [-0.39, 0.29) is 0 Å². The van der Waals surface area contributed by atoms with Crippen LogP contribution in [0.5, 0.6) is 0 Å². The second-order valence-corrected chi connectivity index (χ2v) is 1.41. The molecular weight excluding hydrogens is 357 g/mol. The fourth-order valence-electron chi connectivity index (χ4n) is 0.301. The van der Waals surface area contributed by atoms with Crippen molar-refractivity contribution in [3.05, 3.63) is 12.2 Å². The summed E-state index contributed by atoms with van der Waals surface area (Å²) >= 11 is 0. The Hall–Kier alpha value is -1.86. The summed E-state index contributed by atoms with van der Waals surface area (Å²) in [6, 6.07) is 0. The van der Waals surface area contributed by atoms with Crippen molar-refractivity contribution in [1.82, 2.24) is 14.8 Å². The van der Waals surface area contributed by atoms with E-state index in [2.05, 4.69) is 16.5 Å². The molecule has 0 saturated heterocycles. The van der Waals surface area contributed by atoms with Crippen molar-refractivity contribution in [3.63, 3.8) is 0 Å². The quantitative estimate of drug-likeness (QED) is 0.604. The zero-order chi connectivity index (χ0) is 5.28. The van der Waals surface area contributed by atoms with Gasteiger partial charge in [-0.1, -0.05) is 6.92 Å². The standard InChI is InChI=1S/C4H6N3.Rf/c1-4-6-5-3-7(4)2;/h1-2H3;/q-1;. The second-order valence-electron chi connectivity index (χ2n) is 1.41. The maximum absolute atomic E-state index is 3.67. The third-order valence-corrected chi connectivity index (χ3v) is 0.875. The summed E-state index contributed by atoms with van der Waals surface area (Å²) in [5.41, 5.74) is 0. The van der Waals surface area contributed by atoms with Crippen LogP contribution in [-0.2, 0) is 7.05 Å². The Balaban J connectivity index is 0.000000490. The molecule has 0 aromatic carbocycles. The third kappa shape index (κ3) is 0.616. The van der Waals surface area contributed by atoms with Crippen LogP contribution in [0.2, 0.25) is 0 Å². The molecule has 0 bridgehead atoms. The van der Waals surface area contributed by atoms with Crippen molar-refractivity contribution >= 4 is 0 Å². The molecule has 0 N–H and O–H groups in total. The molecule has 1 aromatic heterocycles. The zero-order valence-corrected chi connectivity index (χ0v) is 11.4. The van der Waals surface area contributed by atoms with Gasteiger partial charge in [0.15, 0.2) is 0 Å². The first-order chi connectivity index (χ1) is 3.30. The van der Waals surface area contributed by atoms with Gasteiger partial charge in [-0.15, -0.1) is 0 Å². The number of hydrogen-bond acceptors (Lipinski definition) is 2. The van der Waals surface area contributed by atoms with Crippen molar-refractivity contribution in [2.24, 2.45) is 7.05 Å². The average Bonchev–Trinajstić information content (AvgIpc) is 1.91. The Morgan fingerprint density at radius 3 is 2.38 bits per heavy atom. The summed E-state index contributed by atoms with van der Waals surface area (Å²) in [6.45, 7) is 1.88. The van der Waals surface area contributed by atoms with E-state index in [1.807, 2.05) is 14.0 Å². The summed E-state index contributed by atoms with van der Waals surface area (Å²) in [5, 5.41) is 7.18. The largest absolute Gasteiger partial charge is 0.483 e. The van der Waals surface area contributed by atoms with Gasteiger partial charge in [-0.25, -0.2) is 0 Å². The Bertz CT molecular complexity index is 144. The Labute approximate surface area is 42.0 Å². The molecule has 0 saturated carbocycles. The number of nitrogens with zero attached hydrogens (tertiary/aromatic N) is 3. The normalized spacial score (nSPS) is 8.25. The van der Waals surface area contributed by atoms with Crippen LogP contribution in [0.1, 0.15) is 5.82 Å². The van der Waals surface area contributed by atoms with Crippen molar-refractivity contribution < 1.29 is 0 Å². The van der Waals surface area contributed by atoms with E-state index in [4.69, 9.17) is 0 Å². The van der Waals surface area contributed by atoms with Gasteiger partial charge in [0.05, 0.1) is 0 Å². The molecule has 0 fully saturated rings. The topological polar surface area (TPSA) is 30.7 Å². The van der Waals surface area contributed by atoms with Gasteiger partial charge in [-0.2, -0.15) is 0 Å². The molecule has 0 spiro atoms. The molecule has 0 amide bonds. The average molecular weight is 363 g/mol. The van der Waals surface area contributed by atoms with Crippen LogP contribution in [-0.4, -0.2) is 14.8 Å². The zero-order valence-electron chi connectivity index (χ0n) is 5.05. The van der Waals surface area contributed by atoms with Crippen LogP contribution in [0, 0.1) is 13.3 Å².